The number of fused-ring (bicyclic) bond motifs is 2. The monoisotopic (exact) mass is 398 g/mol. The highest BCUT2D eigenvalue weighted by atomic mass is 16.2. The van der Waals surface area contributed by atoms with Crippen LogP contribution in [0.5, 0.6) is 0 Å². The smallest absolute Gasteiger partial charge is 0.246 e. The molecular weight excluding hydrogens is 376 g/mol. The quantitative estimate of drug-likeness (QED) is 0.686. The van der Waals surface area contributed by atoms with Gasteiger partial charge in [-0.2, -0.15) is 0 Å². The second-order valence-electron chi connectivity index (χ2n) is 7.98. The van der Waals surface area contributed by atoms with Crippen LogP contribution >= 0.6 is 0 Å². The molecule has 30 heavy (non-hydrogen) atoms. The molecule has 2 amide bonds. The summed E-state index contributed by atoms with van der Waals surface area (Å²) in [4.78, 5) is 34.9. The third-order valence-electron chi connectivity index (χ3n) is 5.84. The van der Waals surface area contributed by atoms with E-state index in [2.05, 4.69) is 29.4 Å². The standard InChI is InChI=1S/C24H22N4O2/c1-15-10-21(26-20-5-3-2-4-19(15)20)18-13-28(14-18)23(30)9-6-16-11-17-7-8-22(29)27-24(17)25-12-16/h2-6,9-12,18H,7-8,13-14H2,1H3,(H,25,27,29)/b9-6+. The van der Waals surface area contributed by atoms with Crippen molar-refractivity contribution in [2.24, 2.45) is 0 Å². The lowest BCUT2D eigenvalue weighted by Crippen LogP contribution is -2.48. The van der Waals surface area contributed by atoms with Gasteiger partial charge < -0.3 is 10.2 Å². The van der Waals surface area contributed by atoms with Crippen molar-refractivity contribution < 1.29 is 9.59 Å². The Kier molecular flexibility index (Phi) is 4.54. The Morgan fingerprint density at radius 2 is 2.03 bits per heavy atom. The molecule has 150 valence electrons. The maximum absolute atomic E-state index is 12.5. The summed E-state index contributed by atoms with van der Waals surface area (Å²) in [5.74, 6) is 0.893. The van der Waals surface area contributed by atoms with Crippen LogP contribution in [0, 0.1) is 6.92 Å². The first kappa shape index (κ1) is 18.5. The van der Waals surface area contributed by atoms with Crippen LogP contribution in [-0.4, -0.2) is 39.8 Å². The lowest BCUT2D eigenvalue weighted by molar-refractivity contribution is -0.130. The number of anilines is 1. The average Bonchev–Trinajstić information content (AvgIpc) is 2.71. The van der Waals surface area contributed by atoms with E-state index in [4.69, 9.17) is 4.98 Å². The van der Waals surface area contributed by atoms with Crippen LogP contribution < -0.4 is 5.32 Å². The summed E-state index contributed by atoms with van der Waals surface area (Å²) in [5, 5.41) is 3.94. The number of hydrogen-bond donors (Lipinski definition) is 1. The fourth-order valence-corrected chi connectivity index (χ4v) is 4.07. The van der Waals surface area contributed by atoms with E-state index >= 15 is 0 Å². The average molecular weight is 398 g/mol. The Morgan fingerprint density at radius 3 is 2.90 bits per heavy atom. The van der Waals surface area contributed by atoms with Crippen molar-refractivity contribution in [3.8, 4) is 0 Å². The molecule has 0 aliphatic carbocycles. The number of aryl methyl sites for hydroxylation is 2. The first-order valence-electron chi connectivity index (χ1n) is 10.2. The van der Waals surface area contributed by atoms with E-state index < -0.39 is 0 Å². The SMILES string of the molecule is Cc1cc(C2CN(C(=O)/C=C/c3cnc4c(c3)CCC(=O)N4)C2)nc2ccccc12. The number of nitrogens with zero attached hydrogens (tertiary/aromatic N) is 3. The summed E-state index contributed by atoms with van der Waals surface area (Å²) in [6.45, 7) is 3.47. The molecule has 1 aromatic carbocycles. The molecule has 0 atom stereocenters. The molecule has 4 heterocycles. The topological polar surface area (TPSA) is 75.2 Å². The summed E-state index contributed by atoms with van der Waals surface area (Å²) in [6.07, 6.45) is 6.21. The number of hydrogen-bond acceptors (Lipinski definition) is 4. The maximum Gasteiger partial charge on any atom is 0.246 e. The minimum atomic E-state index is -0.00483. The van der Waals surface area contributed by atoms with Crippen LogP contribution in [0.25, 0.3) is 17.0 Å². The number of carbonyl (C=O) groups excluding carboxylic acids is 2. The van der Waals surface area contributed by atoms with Crippen molar-refractivity contribution >= 4 is 34.6 Å². The lowest BCUT2D eigenvalue weighted by Gasteiger charge is -2.38. The molecule has 0 bridgehead atoms. The van der Waals surface area contributed by atoms with Gasteiger partial charge in [-0.1, -0.05) is 18.2 Å². The minimum Gasteiger partial charge on any atom is -0.338 e. The summed E-state index contributed by atoms with van der Waals surface area (Å²) in [6, 6.07) is 12.3. The molecule has 0 unspecified atom stereocenters. The molecule has 2 aromatic heterocycles. The van der Waals surface area contributed by atoms with E-state index in [1.54, 1.807) is 18.3 Å². The maximum atomic E-state index is 12.5. The molecule has 2 aliphatic rings. The number of rotatable bonds is 3. The number of pyridine rings is 2. The van der Waals surface area contributed by atoms with Crippen LogP contribution in [0.1, 0.15) is 34.7 Å². The largest absolute Gasteiger partial charge is 0.338 e. The van der Waals surface area contributed by atoms with Gasteiger partial charge in [0.05, 0.1) is 5.52 Å². The van der Waals surface area contributed by atoms with Gasteiger partial charge in [-0.25, -0.2) is 4.98 Å². The summed E-state index contributed by atoms with van der Waals surface area (Å²) in [5.41, 5.74) is 5.15. The molecule has 6 nitrogen and oxygen atoms in total. The Morgan fingerprint density at radius 1 is 1.20 bits per heavy atom. The molecule has 1 saturated heterocycles. The minimum absolute atomic E-state index is 0.00287. The Labute approximate surface area is 174 Å². The van der Waals surface area contributed by atoms with Crippen LogP contribution in [0.2, 0.25) is 0 Å². The molecule has 1 fully saturated rings. The molecule has 0 saturated carbocycles. The van der Waals surface area contributed by atoms with E-state index in [1.165, 1.54) is 10.9 Å². The van der Waals surface area contributed by atoms with E-state index in [9.17, 15) is 9.59 Å². The zero-order valence-electron chi connectivity index (χ0n) is 16.8. The first-order chi connectivity index (χ1) is 14.6. The number of nitrogens with one attached hydrogen (secondary N) is 1. The van der Waals surface area contributed by atoms with E-state index in [0.29, 0.717) is 31.7 Å². The van der Waals surface area contributed by atoms with E-state index in [-0.39, 0.29) is 17.7 Å². The zero-order chi connectivity index (χ0) is 20.7. The van der Waals surface area contributed by atoms with Crippen molar-refractivity contribution in [1.29, 1.82) is 0 Å². The van der Waals surface area contributed by atoms with Gasteiger partial charge in [-0.05, 0) is 54.3 Å². The van der Waals surface area contributed by atoms with Crippen molar-refractivity contribution in [3.05, 3.63) is 71.1 Å². The molecule has 0 radical (unpaired) electrons. The fourth-order valence-electron chi connectivity index (χ4n) is 4.07. The van der Waals surface area contributed by atoms with Gasteiger partial charge in [-0.3, -0.25) is 14.6 Å². The molecule has 3 aromatic rings. The highest BCUT2D eigenvalue weighted by Gasteiger charge is 2.32. The van der Waals surface area contributed by atoms with Gasteiger partial charge in [0.25, 0.3) is 0 Å². The van der Waals surface area contributed by atoms with Crippen LogP contribution in [-0.2, 0) is 16.0 Å². The van der Waals surface area contributed by atoms with Gasteiger partial charge in [0.15, 0.2) is 0 Å². The molecule has 0 spiro atoms. The highest BCUT2D eigenvalue weighted by Crippen LogP contribution is 2.29. The number of carbonyl (C=O) groups is 2. The Bertz CT molecular complexity index is 1200. The predicted octanol–water partition coefficient (Wildman–Crippen LogP) is 3.46. The molecule has 2 aliphatic heterocycles. The first-order valence-corrected chi connectivity index (χ1v) is 10.2. The van der Waals surface area contributed by atoms with Crippen LogP contribution in [0.4, 0.5) is 5.82 Å². The second kappa shape index (κ2) is 7.37. The van der Waals surface area contributed by atoms with Crippen molar-refractivity contribution in [1.82, 2.24) is 14.9 Å². The number of benzene rings is 1. The van der Waals surface area contributed by atoms with Crippen LogP contribution in [0.3, 0.4) is 0 Å². The number of likely N-dealkylation sites (tertiary alicyclic amines) is 1. The van der Waals surface area contributed by atoms with E-state index in [1.807, 2.05) is 29.2 Å². The normalized spacial score (nSPS) is 16.4. The van der Waals surface area contributed by atoms with Crippen molar-refractivity contribution in [3.63, 3.8) is 0 Å². The number of aromatic nitrogens is 2. The third kappa shape index (κ3) is 3.45. The zero-order valence-corrected chi connectivity index (χ0v) is 16.8. The molecular formula is C24H22N4O2. The fraction of sp³-hybridized carbons (Fsp3) is 0.250. The second-order valence-corrected chi connectivity index (χ2v) is 7.98. The highest BCUT2D eigenvalue weighted by molar-refractivity contribution is 5.94. The van der Waals surface area contributed by atoms with Gasteiger partial charge in [0.2, 0.25) is 11.8 Å². The van der Waals surface area contributed by atoms with Gasteiger partial charge in [-0.15, -0.1) is 0 Å². The van der Waals surface area contributed by atoms with Gasteiger partial charge in [0.1, 0.15) is 5.82 Å². The van der Waals surface area contributed by atoms with Crippen molar-refractivity contribution in [2.45, 2.75) is 25.7 Å². The summed E-state index contributed by atoms with van der Waals surface area (Å²) in [7, 11) is 0. The number of amides is 2. The number of para-hydroxylation sites is 1. The molecule has 1 N–H and O–H groups in total. The summed E-state index contributed by atoms with van der Waals surface area (Å²) < 4.78 is 0. The molecule has 5 rings (SSSR count). The lowest BCUT2D eigenvalue weighted by atomic mass is 9.93. The predicted molar refractivity (Wildman–Crippen MR) is 116 cm³/mol. The van der Waals surface area contributed by atoms with Crippen molar-refractivity contribution in [2.75, 3.05) is 18.4 Å². The van der Waals surface area contributed by atoms with Crippen LogP contribution in [0.15, 0.2) is 48.7 Å². The van der Waals surface area contributed by atoms with Gasteiger partial charge in [0, 0.05) is 48.8 Å². The van der Waals surface area contributed by atoms with E-state index in [0.717, 1.165) is 22.3 Å². The molecule has 6 heteroatoms. The van der Waals surface area contributed by atoms with Gasteiger partial charge >= 0.3 is 0 Å². The summed E-state index contributed by atoms with van der Waals surface area (Å²) >= 11 is 0. The Balaban J connectivity index is 1.23. The Hall–Kier alpha value is -3.54. The third-order valence-corrected chi connectivity index (χ3v) is 5.84.